The first-order valence-electron chi connectivity index (χ1n) is 5.56. The largest absolute Gasteiger partial charge is 0.308 e. The highest BCUT2D eigenvalue weighted by atomic mass is 15.2. The molecule has 2 aliphatic rings. The van der Waals surface area contributed by atoms with Crippen LogP contribution < -0.4 is 0 Å². The second-order valence-electron chi connectivity index (χ2n) is 4.60. The van der Waals surface area contributed by atoms with Gasteiger partial charge in [0.15, 0.2) is 0 Å². The summed E-state index contributed by atoms with van der Waals surface area (Å²) in [4.78, 5) is 2.39. The van der Waals surface area contributed by atoms with Gasteiger partial charge in [-0.05, 0) is 32.2 Å². The molecule has 0 radical (unpaired) electrons. The van der Waals surface area contributed by atoms with Gasteiger partial charge in [-0.1, -0.05) is 19.3 Å². The maximum atomic E-state index is 7.93. The molecule has 1 aliphatic carbocycles. The lowest BCUT2D eigenvalue weighted by molar-refractivity contribution is 0.217. The Balaban J connectivity index is 2.00. The molecule has 1 atom stereocenters. The van der Waals surface area contributed by atoms with Crippen LogP contribution in [0.2, 0.25) is 0 Å². The van der Waals surface area contributed by atoms with E-state index in [0.29, 0.717) is 6.04 Å². The lowest BCUT2D eigenvalue weighted by Crippen LogP contribution is -2.37. The third-order valence-electron chi connectivity index (χ3n) is 3.66. The molecule has 1 saturated heterocycles. The predicted octanol–water partition coefficient (Wildman–Crippen LogP) is 2.29. The molecule has 1 saturated carbocycles. The molecule has 2 nitrogen and oxygen atoms in total. The van der Waals surface area contributed by atoms with Crippen molar-refractivity contribution in [1.82, 2.24) is 4.90 Å². The molecular formula is C11H20N2. The van der Waals surface area contributed by atoms with E-state index in [2.05, 4.69) is 11.9 Å². The summed E-state index contributed by atoms with van der Waals surface area (Å²) < 4.78 is 0. The molecule has 2 rings (SSSR count). The van der Waals surface area contributed by atoms with Crippen LogP contribution >= 0.6 is 0 Å². The predicted molar refractivity (Wildman–Crippen MR) is 55.3 cm³/mol. The van der Waals surface area contributed by atoms with E-state index in [-0.39, 0.29) is 0 Å². The van der Waals surface area contributed by atoms with Gasteiger partial charge in [-0.15, -0.1) is 0 Å². The van der Waals surface area contributed by atoms with Crippen molar-refractivity contribution in [2.45, 2.75) is 44.6 Å². The summed E-state index contributed by atoms with van der Waals surface area (Å²) in [6.07, 6.45) is 7.93. The third kappa shape index (κ3) is 1.78. The van der Waals surface area contributed by atoms with Gasteiger partial charge in [0.2, 0.25) is 0 Å². The fraction of sp³-hybridized carbons (Fsp3) is 0.909. The van der Waals surface area contributed by atoms with E-state index >= 15 is 0 Å². The molecule has 1 N–H and O–H groups in total. The van der Waals surface area contributed by atoms with Crippen molar-refractivity contribution < 1.29 is 0 Å². The topological polar surface area (TPSA) is 27.1 Å². The van der Waals surface area contributed by atoms with Gasteiger partial charge < -0.3 is 5.41 Å². The van der Waals surface area contributed by atoms with E-state index in [1.54, 1.807) is 0 Å². The summed E-state index contributed by atoms with van der Waals surface area (Å²) in [6, 6.07) is 0.500. The van der Waals surface area contributed by atoms with Crippen LogP contribution in [0.1, 0.15) is 38.5 Å². The zero-order chi connectivity index (χ0) is 9.26. The number of nitrogens with zero attached hydrogens (tertiary/aromatic N) is 1. The minimum absolute atomic E-state index is 0.500. The van der Waals surface area contributed by atoms with Crippen molar-refractivity contribution in [2.24, 2.45) is 5.92 Å². The van der Waals surface area contributed by atoms with Crippen LogP contribution in [-0.4, -0.2) is 30.2 Å². The Hall–Kier alpha value is -0.370. The highest BCUT2D eigenvalue weighted by Crippen LogP contribution is 2.31. The lowest BCUT2D eigenvalue weighted by atomic mass is 9.82. The van der Waals surface area contributed by atoms with Crippen molar-refractivity contribution in [3.05, 3.63) is 0 Å². The lowest BCUT2D eigenvalue weighted by Gasteiger charge is -2.31. The maximum absolute atomic E-state index is 7.93. The molecule has 2 heteroatoms. The first-order chi connectivity index (χ1) is 6.29. The van der Waals surface area contributed by atoms with E-state index in [4.69, 9.17) is 5.41 Å². The van der Waals surface area contributed by atoms with Gasteiger partial charge in [-0.2, -0.15) is 0 Å². The van der Waals surface area contributed by atoms with Gasteiger partial charge in [0.25, 0.3) is 0 Å². The van der Waals surface area contributed by atoms with Gasteiger partial charge in [0.1, 0.15) is 0 Å². The molecule has 2 fully saturated rings. The number of hydrogen-bond donors (Lipinski definition) is 1. The highest BCUT2D eigenvalue weighted by Gasteiger charge is 2.33. The average molecular weight is 180 g/mol. The summed E-state index contributed by atoms with van der Waals surface area (Å²) in [6.45, 7) is 1.11. The zero-order valence-electron chi connectivity index (χ0n) is 8.55. The Morgan fingerprint density at radius 1 is 1.23 bits per heavy atom. The van der Waals surface area contributed by atoms with E-state index < -0.39 is 0 Å². The highest BCUT2D eigenvalue weighted by molar-refractivity contribution is 5.89. The Bertz CT molecular complexity index is 194. The van der Waals surface area contributed by atoms with Crippen LogP contribution in [0.3, 0.4) is 0 Å². The van der Waals surface area contributed by atoms with Crippen LogP contribution in [-0.2, 0) is 0 Å². The van der Waals surface area contributed by atoms with Gasteiger partial charge >= 0.3 is 0 Å². The van der Waals surface area contributed by atoms with Crippen LogP contribution in [0, 0.1) is 11.3 Å². The third-order valence-corrected chi connectivity index (χ3v) is 3.66. The zero-order valence-corrected chi connectivity index (χ0v) is 8.55. The average Bonchev–Trinajstić information content (AvgIpc) is 2.48. The summed E-state index contributed by atoms with van der Waals surface area (Å²) in [5, 5.41) is 7.93. The van der Waals surface area contributed by atoms with Crippen LogP contribution in [0.5, 0.6) is 0 Å². The smallest absolute Gasteiger partial charge is 0.0499 e. The number of nitrogens with one attached hydrogen (secondary N) is 1. The van der Waals surface area contributed by atoms with E-state index in [0.717, 1.165) is 24.6 Å². The van der Waals surface area contributed by atoms with Crippen molar-refractivity contribution >= 4 is 5.71 Å². The molecule has 1 unspecified atom stereocenters. The van der Waals surface area contributed by atoms with Crippen molar-refractivity contribution in [3.8, 4) is 0 Å². The Morgan fingerprint density at radius 2 is 1.92 bits per heavy atom. The molecule has 0 aromatic carbocycles. The fourth-order valence-electron chi connectivity index (χ4n) is 2.94. The summed E-state index contributed by atoms with van der Waals surface area (Å²) in [5.74, 6) is 0.800. The summed E-state index contributed by atoms with van der Waals surface area (Å²) in [7, 11) is 2.18. The molecule has 0 aromatic rings. The Kier molecular flexibility index (Phi) is 2.68. The Labute approximate surface area is 80.8 Å². The Morgan fingerprint density at radius 3 is 2.46 bits per heavy atom. The number of rotatable bonds is 1. The van der Waals surface area contributed by atoms with Crippen LogP contribution in [0.4, 0.5) is 0 Å². The first-order valence-corrected chi connectivity index (χ1v) is 5.56. The van der Waals surface area contributed by atoms with Gasteiger partial charge in [0.05, 0.1) is 0 Å². The monoisotopic (exact) mass is 180 g/mol. The van der Waals surface area contributed by atoms with Gasteiger partial charge in [-0.25, -0.2) is 0 Å². The second kappa shape index (κ2) is 3.79. The number of hydrogen-bond acceptors (Lipinski definition) is 2. The normalized spacial score (nSPS) is 32.7. The molecule has 13 heavy (non-hydrogen) atoms. The minimum Gasteiger partial charge on any atom is -0.308 e. The summed E-state index contributed by atoms with van der Waals surface area (Å²) >= 11 is 0. The fourth-order valence-corrected chi connectivity index (χ4v) is 2.94. The standard InChI is InChI=1S/C11H20N2/c1-13-8-7-10(12)11(13)9-5-3-2-4-6-9/h9,11-12H,2-8H2,1H3. The molecule has 74 valence electrons. The molecule has 0 spiro atoms. The SMILES string of the molecule is CN1CCC(=N)C1C1CCCCC1. The molecule has 1 heterocycles. The van der Waals surface area contributed by atoms with Crippen LogP contribution in [0.25, 0.3) is 0 Å². The second-order valence-corrected chi connectivity index (χ2v) is 4.60. The van der Waals surface area contributed by atoms with E-state index in [9.17, 15) is 0 Å². The quantitative estimate of drug-likeness (QED) is 0.658. The molecule has 0 amide bonds. The molecule has 1 aliphatic heterocycles. The molecule has 0 bridgehead atoms. The molecular weight excluding hydrogens is 160 g/mol. The number of likely N-dealkylation sites (tertiary alicyclic amines) is 1. The van der Waals surface area contributed by atoms with Gasteiger partial charge in [0, 0.05) is 18.3 Å². The summed E-state index contributed by atoms with van der Waals surface area (Å²) in [5.41, 5.74) is 0.995. The molecule has 0 aromatic heterocycles. The van der Waals surface area contributed by atoms with Gasteiger partial charge in [-0.3, -0.25) is 4.90 Å². The first kappa shape index (κ1) is 9.20. The van der Waals surface area contributed by atoms with E-state index in [1.165, 1.54) is 32.1 Å². The van der Waals surface area contributed by atoms with Crippen molar-refractivity contribution in [3.63, 3.8) is 0 Å². The van der Waals surface area contributed by atoms with Crippen molar-refractivity contribution in [1.29, 1.82) is 5.41 Å². The van der Waals surface area contributed by atoms with Crippen LogP contribution in [0.15, 0.2) is 0 Å². The minimum atomic E-state index is 0.500. The van der Waals surface area contributed by atoms with Crippen molar-refractivity contribution in [2.75, 3.05) is 13.6 Å². The maximum Gasteiger partial charge on any atom is 0.0499 e. The van der Waals surface area contributed by atoms with E-state index in [1.807, 2.05) is 0 Å².